The third-order valence-corrected chi connectivity index (χ3v) is 4.35. The van der Waals surface area contributed by atoms with Crippen LogP contribution in [0, 0.1) is 5.82 Å². The molecule has 0 amide bonds. The zero-order valence-corrected chi connectivity index (χ0v) is 18.3. The minimum absolute atomic E-state index is 0.0515. The van der Waals surface area contributed by atoms with E-state index in [-0.39, 0.29) is 23.3 Å². The maximum Gasteiger partial charge on any atom is 0.283 e. The number of benzene rings is 1. The third-order valence-electron chi connectivity index (χ3n) is 4.35. The van der Waals surface area contributed by atoms with Gasteiger partial charge in [0.2, 0.25) is 5.95 Å². The molecule has 34 heavy (non-hydrogen) atoms. The summed E-state index contributed by atoms with van der Waals surface area (Å²) in [6.07, 6.45) is 5.94. The van der Waals surface area contributed by atoms with Gasteiger partial charge in [0, 0.05) is 0 Å². The molecule has 9 nitrogen and oxygen atoms in total. The molecule has 0 radical (unpaired) electrons. The highest BCUT2D eigenvalue weighted by molar-refractivity contribution is 5.82. The number of H-pyrrole nitrogens is 1. The van der Waals surface area contributed by atoms with Crippen molar-refractivity contribution in [3.05, 3.63) is 89.4 Å². The Morgan fingerprint density at radius 3 is 2.79 bits per heavy atom. The van der Waals surface area contributed by atoms with Gasteiger partial charge in [-0.25, -0.2) is 33.4 Å². The monoisotopic (exact) mass is 470 g/mol. The van der Waals surface area contributed by atoms with Crippen LogP contribution in [-0.4, -0.2) is 29.6 Å². The van der Waals surface area contributed by atoms with Gasteiger partial charge in [-0.05, 0) is 18.2 Å². The van der Waals surface area contributed by atoms with E-state index in [1.807, 2.05) is 19.3 Å². The highest BCUT2D eigenvalue weighted by Gasteiger charge is 2.17. The lowest BCUT2D eigenvalue weighted by Gasteiger charge is -2.15. The Morgan fingerprint density at radius 2 is 2.03 bits per heavy atom. The molecule has 0 aliphatic carbocycles. The van der Waals surface area contributed by atoms with Crippen LogP contribution >= 0.6 is 0 Å². The summed E-state index contributed by atoms with van der Waals surface area (Å²) in [5.74, 6) is -3.33. The average Bonchev–Trinajstić information content (AvgIpc) is 3.34. The second-order valence-electron chi connectivity index (χ2n) is 6.35. The van der Waals surface area contributed by atoms with Crippen molar-refractivity contribution in [3.8, 4) is 0 Å². The van der Waals surface area contributed by atoms with Crippen molar-refractivity contribution in [2.24, 2.45) is 0 Å². The third kappa shape index (κ3) is 4.95. The van der Waals surface area contributed by atoms with Crippen molar-refractivity contribution in [1.29, 1.82) is 0 Å². The minimum atomic E-state index is -1.47. The number of hydrogen-bond acceptors (Lipinski definition) is 7. The van der Waals surface area contributed by atoms with Crippen LogP contribution in [0.25, 0.3) is 22.1 Å². The van der Waals surface area contributed by atoms with E-state index >= 15 is 0 Å². The van der Waals surface area contributed by atoms with Crippen molar-refractivity contribution in [3.63, 3.8) is 0 Å². The van der Waals surface area contributed by atoms with E-state index in [0.717, 1.165) is 12.1 Å². The van der Waals surface area contributed by atoms with Crippen molar-refractivity contribution in [2.75, 3.05) is 10.7 Å². The number of rotatable bonds is 7. The van der Waals surface area contributed by atoms with Gasteiger partial charge in [-0.15, -0.1) is 0 Å². The van der Waals surface area contributed by atoms with E-state index in [4.69, 9.17) is 0 Å². The van der Waals surface area contributed by atoms with Gasteiger partial charge in [0.05, 0.1) is 18.4 Å². The lowest BCUT2D eigenvalue weighted by Crippen LogP contribution is -2.33. The fourth-order valence-electron chi connectivity index (χ4n) is 2.91. The van der Waals surface area contributed by atoms with Gasteiger partial charge >= 0.3 is 0 Å². The quantitative estimate of drug-likeness (QED) is 0.274. The van der Waals surface area contributed by atoms with Crippen LogP contribution in [0.4, 0.5) is 19.0 Å². The molecule has 3 heterocycles. The lowest BCUT2D eigenvalue weighted by atomic mass is 10.2. The summed E-state index contributed by atoms with van der Waals surface area (Å²) >= 11 is 0. The summed E-state index contributed by atoms with van der Waals surface area (Å²) in [6.45, 7) is 7.21. The van der Waals surface area contributed by atoms with Crippen LogP contribution in [0.15, 0.2) is 72.2 Å². The zero-order chi connectivity index (χ0) is 24.7. The van der Waals surface area contributed by atoms with Crippen molar-refractivity contribution in [1.82, 2.24) is 29.6 Å². The number of hydrogen-bond donors (Lipinski definition) is 3. The number of nitrogens with one attached hydrogen (secondary N) is 3. The van der Waals surface area contributed by atoms with E-state index in [1.54, 1.807) is 0 Å². The second-order valence-corrected chi connectivity index (χ2v) is 6.35. The molecule has 0 atom stereocenters. The molecule has 3 aromatic heterocycles. The molecule has 0 aliphatic rings. The molecule has 0 fully saturated rings. The molecule has 0 saturated carbocycles. The number of nitrogens with zero attached hydrogens (tertiary/aromatic N) is 5. The molecule has 0 aliphatic heterocycles. The van der Waals surface area contributed by atoms with E-state index in [0.29, 0.717) is 21.7 Å². The predicted octanol–water partition coefficient (Wildman–Crippen LogP) is 4.23. The largest absolute Gasteiger partial charge is 0.361 e. The van der Waals surface area contributed by atoms with Gasteiger partial charge < -0.3 is 10.3 Å². The topological polar surface area (TPSA) is 113 Å². The summed E-state index contributed by atoms with van der Waals surface area (Å²) in [7, 11) is 0. The Bertz CT molecular complexity index is 1440. The number of anilines is 1. The summed E-state index contributed by atoms with van der Waals surface area (Å²) in [4.78, 5) is 32.1. The molecule has 0 bridgehead atoms. The maximum atomic E-state index is 14.4. The summed E-state index contributed by atoms with van der Waals surface area (Å²) in [5, 5.41) is 2.56. The molecule has 0 saturated heterocycles. The smallest absolute Gasteiger partial charge is 0.283 e. The molecule has 4 aromatic rings. The van der Waals surface area contributed by atoms with E-state index in [9.17, 15) is 18.0 Å². The number of allylic oxidation sites excluding steroid dienone is 4. The molecule has 1 aromatic carbocycles. The van der Waals surface area contributed by atoms with Crippen LogP contribution < -0.4 is 16.3 Å². The van der Waals surface area contributed by atoms with Gasteiger partial charge in [0.15, 0.2) is 23.1 Å². The van der Waals surface area contributed by atoms with Gasteiger partial charge in [0.1, 0.15) is 23.0 Å². The standard InChI is InChI=1S/C20H15F3N8O.C2H6/c1-2-3-5-12(22)17(23)30-31-14(29-13-7-4-6-11(21)15(13)20(31)32)8-24-18-16-19(26-9-25-16)28-10-27-18;1-2/h2-7,9-10,30H,1,8H2,(H2,24,25,26,27,28);1-2H3/b5-3-,17-12-;. The van der Waals surface area contributed by atoms with Gasteiger partial charge in [-0.1, -0.05) is 38.6 Å². The van der Waals surface area contributed by atoms with Crippen LogP contribution in [-0.2, 0) is 6.54 Å². The molecular formula is C22H21F3N8O. The number of fused-ring (bicyclic) bond motifs is 2. The minimum Gasteiger partial charge on any atom is -0.361 e. The Balaban J connectivity index is 0.00000158. The van der Waals surface area contributed by atoms with Crippen molar-refractivity contribution < 1.29 is 13.2 Å². The predicted molar refractivity (Wildman–Crippen MR) is 124 cm³/mol. The number of aromatic amines is 1. The zero-order valence-electron chi connectivity index (χ0n) is 18.3. The van der Waals surface area contributed by atoms with Gasteiger partial charge in [-0.3, -0.25) is 10.2 Å². The summed E-state index contributed by atoms with van der Waals surface area (Å²) in [6, 6.07) is 3.89. The first-order valence-electron chi connectivity index (χ1n) is 10.2. The second kappa shape index (κ2) is 10.9. The lowest BCUT2D eigenvalue weighted by molar-refractivity contribution is 0.532. The van der Waals surface area contributed by atoms with Crippen LogP contribution in [0.3, 0.4) is 0 Å². The fourth-order valence-corrected chi connectivity index (χ4v) is 2.91. The molecule has 4 rings (SSSR count). The van der Waals surface area contributed by atoms with Crippen LogP contribution in [0.1, 0.15) is 19.7 Å². The first-order valence-corrected chi connectivity index (χ1v) is 10.2. The Kier molecular flexibility index (Phi) is 7.75. The van der Waals surface area contributed by atoms with Crippen LogP contribution in [0.5, 0.6) is 0 Å². The van der Waals surface area contributed by atoms with Gasteiger partial charge in [0.25, 0.3) is 5.56 Å². The summed E-state index contributed by atoms with van der Waals surface area (Å²) < 4.78 is 43.2. The maximum absolute atomic E-state index is 14.4. The van der Waals surface area contributed by atoms with E-state index in [2.05, 4.69) is 36.8 Å². The Morgan fingerprint density at radius 1 is 1.24 bits per heavy atom. The first kappa shape index (κ1) is 24.2. The molecule has 3 N–H and O–H groups in total. The molecule has 176 valence electrons. The van der Waals surface area contributed by atoms with Crippen LogP contribution in [0.2, 0.25) is 0 Å². The van der Waals surface area contributed by atoms with E-state index in [1.165, 1.54) is 36.9 Å². The number of aromatic nitrogens is 6. The molecular weight excluding hydrogens is 449 g/mol. The normalized spacial score (nSPS) is 11.8. The number of imidazole rings is 1. The highest BCUT2D eigenvalue weighted by atomic mass is 19.2. The Labute approximate surface area is 191 Å². The highest BCUT2D eigenvalue weighted by Crippen LogP contribution is 2.17. The average molecular weight is 470 g/mol. The summed E-state index contributed by atoms with van der Waals surface area (Å²) in [5.41, 5.74) is 2.01. The van der Waals surface area contributed by atoms with Crippen molar-refractivity contribution >= 4 is 27.9 Å². The molecule has 12 heteroatoms. The molecule has 0 unspecified atom stereocenters. The van der Waals surface area contributed by atoms with E-state index < -0.39 is 23.2 Å². The fraction of sp³-hybridized carbons (Fsp3) is 0.136. The van der Waals surface area contributed by atoms with Crippen molar-refractivity contribution in [2.45, 2.75) is 20.4 Å². The first-order chi connectivity index (χ1) is 16.5. The molecule has 0 spiro atoms. The SMILES string of the molecule is C=C/C=C\C(F)=C(/F)Nn1c(CNc2ncnc3nc[nH]c23)nc2cccc(F)c2c1=O.CC. The van der Waals surface area contributed by atoms with Gasteiger partial charge in [-0.2, -0.15) is 4.39 Å². The number of halogens is 3. The Hall–Kier alpha value is -4.48.